The lowest BCUT2D eigenvalue weighted by Gasteiger charge is -2.10. The summed E-state index contributed by atoms with van der Waals surface area (Å²) in [5.74, 6) is -0.0249. The fourth-order valence-electron chi connectivity index (χ4n) is 2.65. The third-order valence-corrected chi connectivity index (χ3v) is 5.37. The van der Waals surface area contributed by atoms with Crippen molar-refractivity contribution in [3.8, 4) is 5.75 Å². The van der Waals surface area contributed by atoms with E-state index in [0.717, 1.165) is 5.56 Å². The third-order valence-electron chi connectivity index (χ3n) is 4.11. The largest absolute Gasteiger partial charge is 0.489 e. The van der Waals surface area contributed by atoms with Crippen molar-refractivity contribution in [1.29, 1.82) is 0 Å². The number of methoxy groups -OCH3 is 1. The number of rotatable bonds is 8. The van der Waals surface area contributed by atoms with Crippen molar-refractivity contribution in [2.75, 3.05) is 11.8 Å². The molecule has 29 heavy (non-hydrogen) atoms. The molecule has 0 aliphatic carbocycles. The number of nitrogens with one attached hydrogen (secondary N) is 1. The number of benzene rings is 3. The van der Waals surface area contributed by atoms with Crippen molar-refractivity contribution in [3.05, 3.63) is 95.6 Å². The van der Waals surface area contributed by atoms with E-state index < -0.39 is 16.0 Å². The van der Waals surface area contributed by atoms with Gasteiger partial charge < -0.3 is 9.47 Å². The maximum absolute atomic E-state index is 12.4. The van der Waals surface area contributed by atoms with Gasteiger partial charge in [-0.05, 0) is 47.5 Å². The van der Waals surface area contributed by atoms with Gasteiger partial charge in [-0.15, -0.1) is 0 Å². The van der Waals surface area contributed by atoms with Crippen molar-refractivity contribution in [1.82, 2.24) is 0 Å². The standard InChI is InChI=1S/C22H21NO5S/c1-27-22(24)19-9-7-18(8-10-19)16-29(25,26)23-20-11-13-21(14-12-20)28-15-17-5-3-2-4-6-17/h2-14,23H,15-16H2,1H3. The van der Waals surface area contributed by atoms with E-state index in [1.165, 1.54) is 19.2 Å². The fourth-order valence-corrected chi connectivity index (χ4v) is 3.85. The molecule has 0 heterocycles. The minimum Gasteiger partial charge on any atom is -0.489 e. The second-order valence-corrected chi connectivity index (χ2v) is 8.07. The number of anilines is 1. The van der Waals surface area contributed by atoms with Crippen LogP contribution in [0.5, 0.6) is 5.75 Å². The summed E-state index contributed by atoms with van der Waals surface area (Å²) < 4.78 is 37.7. The zero-order valence-corrected chi connectivity index (χ0v) is 16.7. The number of hydrogen-bond acceptors (Lipinski definition) is 5. The summed E-state index contributed by atoms with van der Waals surface area (Å²) >= 11 is 0. The van der Waals surface area contributed by atoms with Gasteiger partial charge in [-0.1, -0.05) is 42.5 Å². The first-order valence-corrected chi connectivity index (χ1v) is 10.5. The van der Waals surface area contributed by atoms with Gasteiger partial charge in [0, 0.05) is 5.69 Å². The smallest absolute Gasteiger partial charge is 0.337 e. The van der Waals surface area contributed by atoms with Crippen LogP contribution in [0.25, 0.3) is 0 Å². The molecule has 6 nitrogen and oxygen atoms in total. The van der Waals surface area contributed by atoms with E-state index in [2.05, 4.69) is 9.46 Å². The monoisotopic (exact) mass is 411 g/mol. The maximum atomic E-state index is 12.4. The average Bonchev–Trinajstić information content (AvgIpc) is 2.73. The van der Waals surface area contributed by atoms with Crippen LogP contribution >= 0.6 is 0 Å². The highest BCUT2D eigenvalue weighted by Gasteiger charge is 2.13. The lowest BCUT2D eigenvalue weighted by molar-refractivity contribution is 0.0600. The molecular formula is C22H21NO5S. The van der Waals surface area contributed by atoms with Crippen molar-refractivity contribution in [3.63, 3.8) is 0 Å². The normalized spacial score (nSPS) is 10.9. The summed E-state index contributed by atoms with van der Waals surface area (Å²) in [6.07, 6.45) is 0. The van der Waals surface area contributed by atoms with Gasteiger partial charge in [0.1, 0.15) is 12.4 Å². The predicted octanol–water partition coefficient (Wildman–Crippen LogP) is 3.99. The molecule has 0 saturated carbocycles. The van der Waals surface area contributed by atoms with Gasteiger partial charge in [-0.25, -0.2) is 13.2 Å². The molecule has 0 aliphatic rings. The molecule has 0 fully saturated rings. The van der Waals surface area contributed by atoms with Gasteiger partial charge in [0.05, 0.1) is 18.4 Å². The molecule has 7 heteroatoms. The Morgan fingerprint density at radius 2 is 1.52 bits per heavy atom. The molecular weight excluding hydrogens is 390 g/mol. The molecule has 3 rings (SSSR count). The van der Waals surface area contributed by atoms with Crippen LogP contribution in [0, 0.1) is 0 Å². The van der Waals surface area contributed by atoms with Crippen molar-refractivity contribution < 1.29 is 22.7 Å². The Balaban J connectivity index is 1.57. The second-order valence-electron chi connectivity index (χ2n) is 6.35. The minimum atomic E-state index is -3.60. The number of carbonyl (C=O) groups excluding carboxylic acids is 1. The van der Waals surface area contributed by atoms with Crippen LogP contribution in [0.3, 0.4) is 0 Å². The third kappa shape index (κ3) is 6.08. The lowest BCUT2D eigenvalue weighted by Crippen LogP contribution is -2.15. The van der Waals surface area contributed by atoms with Crippen LogP contribution < -0.4 is 9.46 Å². The number of carbonyl (C=O) groups is 1. The molecule has 150 valence electrons. The first-order chi connectivity index (χ1) is 13.9. The molecule has 3 aromatic carbocycles. The van der Waals surface area contributed by atoms with Gasteiger partial charge in [-0.3, -0.25) is 4.72 Å². The van der Waals surface area contributed by atoms with Crippen LogP contribution in [0.4, 0.5) is 5.69 Å². The summed E-state index contributed by atoms with van der Waals surface area (Å²) in [4.78, 5) is 11.4. The zero-order chi connectivity index (χ0) is 20.7. The Bertz CT molecular complexity index is 1050. The minimum absolute atomic E-state index is 0.208. The van der Waals surface area contributed by atoms with Gasteiger partial charge >= 0.3 is 5.97 Å². The van der Waals surface area contributed by atoms with Crippen LogP contribution in [0.1, 0.15) is 21.5 Å². The Kier molecular flexibility index (Phi) is 6.51. The summed E-state index contributed by atoms with van der Waals surface area (Å²) in [5.41, 5.74) is 2.43. The Morgan fingerprint density at radius 1 is 0.862 bits per heavy atom. The molecule has 0 saturated heterocycles. The summed E-state index contributed by atoms with van der Waals surface area (Å²) in [7, 11) is -2.31. The summed E-state index contributed by atoms with van der Waals surface area (Å²) in [5, 5.41) is 0. The highest BCUT2D eigenvalue weighted by molar-refractivity contribution is 7.91. The number of esters is 1. The van der Waals surface area contributed by atoms with Crippen molar-refractivity contribution in [2.24, 2.45) is 0 Å². The Hall–Kier alpha value is -3.32. The molecule has 0 atom stereocenters. The molecule has 3 aromatic rings. The van der Waals surface area contributed by atoms with E-state index in [1.54, 1.807) is 36.4 Å². The van der Waals surface area contributed by atoms with E-state index in [0.29, 0.717) is 29.2 Å². The van der Waals surface area contributed by atoms with E-state index in [9.17, 15) is 13.2 Å². The van der Waals surface area contributed by atoms with Crippen LogP contribution in [-0.2, 0) is 27.1 Å². The highest BCUT2D eigenvalue weighted by atomic mass is 32.2. The van der Waals surface area contributed by atoms with Gasteiger partial charge in [0.25, 0.3) is 0 Å². The van der Waals surface area contributed by atoms with Gasteiger partial charge in [0.2, 0.25) is 10.0 Å². The first-order valence-electron chi connectivity index (χ1n) is 8.90. The zero-order valence-electron chi connectivity index (χ0n) is 15.9. The second kappa shape index (κ2) is 9.25. The van der Waals surface area contributed by atoms with Crippen LogP contribution in [0.15, 0.2) is 78.9 Å². The van der Waals surface area contributed by atoms with Crippen molar-refractivity contribution in [2.45, 2.75) is 12.4 Å². The molecule has 0 unspecified atom stereocenters. The molecule has 0 aromatic heterocycles. The molecule has 0 bridgehead atoms. The van der Waals surface area contributed by atoms with Crippen LogP contribution in [0.2, 0.25) is 0 Å². The molecule has 0 radical (unpaired) electrons. The quantitative estimate of drug-likeness (QED) is 0.567. The number of sulfonamides is 1. The first kappa shape index (κ1) is 20.4. The molecule has 0 aliphatic heterocycles. The van der Waals surface area contributed by atoms with Gasteiger partial charge in [0.15, 0.2) is 0 Å². The fraction of sp³-hybridized carbons (Fsp3) is 0.136. The van der Waals surface area contributed by atoms with E-state index >= 15 is 0 Å². The van der Waals surface area contributed by atoms with E-state index in [1.807, 2.05) is 30.3 Å². The predicted molar refractivity (Wildman–Crippen MR) is 111 cm³/mol. The maximum Gasteiger partial charge on any atom is 0.337 e. The number of hydrogen-bond donors (Lipinski definition) is 1. The average molecular weight is 411 g/mol. The lowest BCUT2D eigenvalue weighted by atomic mass is 10.1. The van der Waals surface area contributed by atoms with Crippen LogP contribution in [-0.4, -0.2) is 21.5 Å². The summed E-state index contributed by atoms with van der Waals surface area (Å²) in [6.45, 7) is 0.438. The van der Waals surface area contributed by atoms with E-state index in [4.69, 9.17) is 4.74 Å². The van der Waals surface area contributed by atoms with E-state index in [-0.39, 0.29) is 5.75 Å². The SMILES string of the molecule is COC(=O)c1ccc(CS(=O)(=O)Nc2ccc(OCc3ccccc3)cc2)cc1. The van der Waals surface area contributed by atoms with Crippen molar-refractivity contribution >= 4 is 21.7 Å². The Labute approximate surface area is 170 Å². The Morgan fingerprint density at radius 3 is 2.14 bits per heavy atom. The summed E-state index contributed by atoms with van der Waals surface area (Å²) in [6, 6.07) is 22.8. The molecule has 0 spiro atoms. The van der Waals surface area contributed by atoms with Gasteiger partial charge in [-0.2, -0.15) is 0 Å². The number of ether oxygens (including phenoxy) is 2. The topological polar surface area (TPSA) is 81.7 Å². The highest BCUT2D eigenvalue weighted by Crippen LogP contribution is 2.19. The molecule has 0 amide bonds. The molecule has 1 N–H and O–H groups in total.